The molecule has 0 aliphatic rings. The van der Waals surface area contributed by atoms with E-state index in [9.17, 15) is 4.79 Å². The Labute approximate surface area is 163 Å². The van der Waals surface area contributed by atoms with Crippen LogP contribution in [0.15, 0.2) is 47.3 Å². The van der Waals surface area contributed by atoms with Crippen LogP contribution in [0.5, 0.6) is 11.5 Å². The zero-order valence-corrected chi connectivity index (χ0v) is 16.0. The zero-order valence-electron chi connectivity index (χ0n) is 14.5. The van der Waals surface area contributed by atoms with E-state index in [4.69, 9.17) is 21.1 Å². The van der Waals surface area contributed by atoms with Crippen molar-refractivity contribution in [1.82, 2.24) is 14.6 Å². The second kappa shape index (κ2) is 7.02. The van der Waals surface area contributed by atoms with Crippen LogP contribution < -0.4 is 19.6 Å². The molecule has 0 spiro atoms. The fraction of sp³-hybridized carbons (Fsp3) is 0.105. The molecule has 0 atom stereocenters. The van der Waals surface area contributed by atoms with Crippen LogP contribution in [0.3, 0.4) is 0 Å². The van der Waals surface area contributed by atoms with Crippen molar-refractivity contribution in [3.63, 3.8) is 0 Å². The smallest absolute Gasteiger partial charge is 0.291 e. The predicted octanol–water partition coefficient (Wildman–Crippen LogP) is 3.04. The molecule has 0 fully saturated rings. The molecule has 2 aromatic carbocycles. The highest BCUT2D eigenvalue weighted by molar-refractivity contribution is 7.15. The number of benzene rings is 2. The quantitative estimate of drug-likeness (QED) is 0.527. The van der Waals surface area contributed by atoms with E-state index >= 15 is 0 Å². The third-order valence-electron chi connectivity index (χ3n) is 4.02. The lowest BCUT2D eigenvalue weighted by Crippen LogP contribution is -2.23. The van der Waals surface area contributed by atoms with Gasteiger partial charge in [-0.2, -0.15) is 9.50 Å². The van der Waals surface area contributed by atoms with Gasteiger partial charge in [-0.3, -0.25) is 4.79 Å². The van der Waals surface area contributed by atoms with Crippen LogP contribution in [0.4, 0.5) is 0 Å². The number of fused-ring (bicyclic) bond motifs is 1. The molecular weight excluding hydrogens is 386 g/mol. The number of rotatable bonds is 4. The summed E-state index contributed by atoms with van der Waals surface area (Å²) in [5.41, 5.74) is 1.29. The summed E-state index contributed by atoms with van der Waals surface area (Å²) in [7, 11) is 3.14. The Kier molecular flexibility index (Phi) is 4.55. The van der Waals surface area contributed by atoms with Crippen LogP contribution in [0.2, 0.25) is 5.02 Å². The molecule has 2 aromatic heterocycles. The fourth-order valence-electron chi connectivity index (χ4n) is 2.66. The summed E-state index contributed by atoms with van der Waals surface area (Å²) in [4.78, 5) is 17.7. The molecule has 136 valence electrons. The Morgan fingerprint density at radius 3 is 2.59 bits per heavy atom. The SMILES string of the molecule is COc1ccc(-c2nc3sc(=Cc4ccccc4Cl)c(=O)n3n2)cc1OC. The molecule has 0 saturated carbocycles. The first-order chi connectivity index (χ1) is 13.1. The summed E-state index contributed by atoms with van der Waals surface area (Å²) in [6.07, 6.45) is 1.75. The van der Waals surface area contributed by atoms with E-state index in [0.29, 0.717) is 31.8 Å². The van der Waals surface area contributed by atoms with Crippen molar-refractivity contribution in [2.24, 2.45) is 0 Å². The van der Waals surface area contributed by atoms with Gasteiger partial charge < -0.3 is 9.47 Å². The summed E-state index contributed by atoms with van der Waals surface area (Å²) in [5, 5.41) is 4.94. The van der Waals surface area contributed by atoms with E-state index in [1.807, 2.05) is 24.3 Å². The molecule has 0 amide bonds. The lowest BCUT2D eigenvalue weighted by atomic mass is 10.2. The van der Waals surface area contributed by atoms with Crippen LogP contribution in [-0.4, -0.2) is 28.8 Å². The maximum atomic E-state index is 12.7. The summed E-state index contributed by atoms with van der Waals surface area (Å²) in [5.74, 6) is 1.63. The van der Waals surface area contributed by atoms with E-state index < -0.39 is 0 Å². The van der Waals surface area contributed by atoms with Gasteiger partial charge in [0.05, 0.1) is 18.8 Å². The summed E-state index contributed by atoms with van der Waals surface area (Å²) in [6.45, 7) is 0. The lowest BCUT2D eigenvalue weighted by Gasteiger charge is -2.07. The van der Waals surface area contributed by atoms with Crippen LogP contribution >= 0.6 is 22.9 Å². The minimum atomic E-state index is -0.228. The van der Waals surface area contributed by atoms with Gasteiger partial charge in [0.15, 0.2) is 17.3 Å². The average molecular weight is 400 g/mol. The minimum absolute atomic E-state index is 0.228. The number of hydrogen-bond donors (Lipinski definition) is 0. The number of methoxy groups -OCH3 is 2. The standard InChI is InChI=1S/C19H14ClN3O3S/c1-25-14-8-7-12(9-15(14)26-2)17-21-19-23(22-17)18(24)16(27-19)10-11-5-3-4-6-13(11)20/h3-10H,1-2H3. The normalized spacial score (nSPS) is 11.9. The van der Waals surface area contributed by atoms with Crippen molar-refractivity contribution in [1.29, 1.82) is 0 Å². The van der Waals surface area contributed by atoms with Gasteiger partial charge in [0.25, 0.3) is 5.56 Å². The van der Waals surface area contributed by atoms with E-state index in [2.05, 4.69) is 10.1 Å². The molecule has 0 N–H and O–H groups in total. The van der Waals surface area contributed by atoms with Crippen molar-refractivity contribution < 1.29 is 9.47 Å². The molecule has 0 radical (unpaired) electrons. The molecule has 4 aromatic rings. The first kappa shape index (κ1) is 17.5. The summed E-state index contributed by atoms with van der Waals surface area (Å²) >= 11 is 7.44. The second-order valence-corrected chi connectivity index (χ2v) is 7.05. The van der Waals surface area contributed by atoms with E-state index in [-0.39, 0.29) is 5.56 Å². The van der Waals surface area contributed by atoms with Crippen LogP contribution in [0.25, 0.3) is 22.4 Å². The van der Waals surface area contributed by atoms with Gasteiger partial charge in [0, 0.05) is 10.6 Å². The molecule has 0 saturated heterocycles. The number of ether oxygens (including phenoxy) is 2. The van der Waals surface area contributed by atoms with Crippen molar-refractivity contribution in [3.8, 4) is 22.9 Å². The largest absolute Gasteiger partial charge is 0.493 e. The zero-order chi connectivity index (χ0) is 19.0. The molecule has 0 aliphatic carbocycles. The third-order valence-corrected chi connectivity index (χ3v) is 5.32. The Hall–Kier alpha value is -2.90. The van der Waals surface area contributed by atoms with Crippen molar-refractivity contribution in [2.75, 3.05) is 14.2 Å². The van der Waals surface area contributed by atoms with Crippen LogP contribution in [0.1, 0.15) is 5.56 Å². The fourth-order valence-corrected chi connectivity index (χ4v) is 3.75. The maximum Gasteiger partial charge on any atom is 0.291 e. The molecule has 2 heterocycles. The number of thiazole rings is 1. The number of hydrogen-bond acceptors (Lipinski definition) is 6. The minimum Gasteiger partial charge on any atom is -0.493 e. The monoisotopic (exact) mass is 399 g/mol. The van der Waals surface area contributed by atoms with Gasteiger partial charge in [-0.05, 0) is 35.9 Å². The molecule has 6 nitrogen and oxygen atoms in total. The second-order valence-electron chi connectivity index (χ2n) is 5.64. The molecule has 4 rings (SSSR count). The Balaban J connectivity index is 1.80. The van der Waals surface area contributed by atoms with Gasteiger partial charge in [-0.25, -0.2) is 0 Å². The predicted molar refractivity (Wildman–Crippen MR) is 106 cm³/mol. The molecule has 8 heteroatoms. The van der Waals surface area contributed by atoms with Crippen LogP contribution in [-0.2, 0) is 0 Å². The Bertz CT molecular complexity index is 1250. The lowest BCUT2D eigenvalue weighted by molar-refractivity contribution is 0.355. The molecule has 27 heavy (non-hydrogen) atoms. The summed E-state index contributed by atoms with van der Waals surface area (Å²) in [6, 6.07) is 12.7. The average Bonchev–Trinajstić information content (AvgIpc) is 3.23. The maximum absolute atomic E-state index is 12.7. The van der Waals surface area contributed by atoms with E-state index in [1.165, 1.54) is 15.9 Å². The first-order valence-corrected chi connectivity index (χ1v) is 9.18. The Morgan fingerprint density at radius 2 is 1.89 bits per heavy atom. The van der Waals surface area contributed by atoms with Crippen molar-refractivity contribution >= 4 is 34.0 Å². The van der Waals surface area contributed by atoms with Crippen molar-refractivity contribution in [2.45, 2.75) is 0 Å². The van der Waals surface area contributed by atoms with Gasteiger partial charge in [0.1, 0.15) is 0 Å². The number of halogens is 1. The molecule has 0 unspecified atom stereocenters. The molecule has 0 bridgehead atoms. The van der Waals surface area contributed by atoms with Crippen molar-refractivity contribution in [3.05, 3.63) is 67.9 Å². The first-order valence-electron chi connectivity index (χ1n) is 7.99. The van der Waals surface area contributed by atoms with Gasteiger partial charge in [-0.15, -0.1) is 5.10 Å². The number of nitrogens with zero attached hydrogens (tertiary/aromatic N) is 3. The molecular formula is C19H14ClN3O3S. The van der Waals surface area contributed by atoms with Gasteiger partial charge in [-0.1, -0.05) is 41.1 Å². The third kappa shape index (κ3) is 3.15. The highest BCUT2D eigenvalue weighted by Crippen LogP contribution is 2.31. The Morgan fingerprint density at radius 1 is 1.11 bits per heavy atom. The molecule has 0 aliphatic heterocycles. The van der Waals surface area contributed by atoms with Gasteiger partial charge in [0.2, 0.25) is 4.96 Å². The highest BCUT2D eigenvalue weighted by atomic mass is 35.5. The highest BCUT2D eigenvalue weighted by Gasteiger charge is 2.14. The van der Waals surface area contributed by atoms with E-state index in [0.717, 1.165) is 11.1 Å². The van der Waals surface area contributed by atoms with E-state index in [1.54, 1.807) is 38.5 Å². The summed E-state index contributed by atoms with van der Waals surface area (Å²) < 4.78 is 12.4. The van der Waals surface area contributed by atoms with Gasteiger partial charge >= 0.3 is 0 Å². The topological polar surface area (TPSA) is 65.7 Å². The number of aromatic nitrogens is 3. The van der Waals surface area contributed by atoms with Crippen LogP contribution in [0, 0.1) is 0 Å².